The molecule has 0 aliphatic rings. The van der Waals surface area contributed by atoms with E-state index in [2.05, 4.69) is 5.32 Å². The summed E-state index contributed by atoms with van der Waals surface area (Å²) in [5.41, 5.74) is 0. The number of benzene rings is 1. The highest BCUT2D eigenvalue weighted by molar-refractivity contribution is 7.85. The molecule has 0 saturated carbocycles. The van der Waals surface area contributed by atoms with Crippen LogP contribution < -0.4 is 5.32 Å². The van der Waals surface area contributed by atoms with Crippen LogP contribution in [0.1, 0.15) is 13.3 Å². The van der Waals surface area contributed by atoms with E-state index >= 15 is 0 Å². The molecule has 2 nitrogen and oxygen atoms in total. The third-order valence-electron chi connectivity index (χ3n) is 2.31. The zero-order chi connectivity index (χ0) is 11.3. The summed E-state index contributed by atoms with van der Waals surface area (Å²) in [6, 6.07) is 6.20. The molecule has 0 saturated heterocycles. The predicted molar refractivity (Wildman–Crippen MR) is 60.8 cm³/mol. The molecule has 0 aliphatic carbocycles. The molecule has 0 radical (unpaired) electrons. The van der Waals surface area contributed by atoms with E-state index in [9.17, 15) is 8.60 Å². The molecular weight excluding hydrogens is 213 g/mol. The van der Waals surface area contributed by atoms with Gasteiger partial charge in [0.2, 0.25) is 0 Å². The summed E-state index contributed by atoms with van der Waals surface area (Å²) < 4.78 is 24.3. The molecule has 1 N–H and O–H groups in total. The summed E-state index contributed by atoms with van der Waals surface area (Å²) in [5, 5.41) is 3.09. The second-order valence-corrected chi connectivity index (χ2v) is 5.05. The molecule has 2 unspecified atom stereocenters. The summed E-state index contributed by atoms with van der Waals surface area (Å²) in [7, 11) is 0.860. The van der Waals surface area contributed by atoms with Gasteiger partial charge in [0.25, 0.3) is 0 Å². The molecule has 2 atom stereocenters. The highest BCUT2D eigenvalue weighted by Crippen LogP contribution is 2.09. The average molecular weight is 229 g/mol. The number of nitrogens with one attached hydrogen (secondary N) is 1. The van der Waals surface area contributed by atoms with Gasteiger partial charge in [-0.3, -0.25) is 4.21 Å². The lowest BCUT2D eigenvalue weighted by Gasteiger charge is -2.09. The van der Waals surface area contributed by atoms with E-state index < -0.39 is 10.8 Å². The Bertz CT molecular complexity index is 326. The number of hydrogen-bond acceptors (Lipinski definition) is 2. The van der Waals surface area contributed by atoms with Crippen LogP contribution in [0.2, 0.25) is 0 Å². The monoisotopic (exact) mass is 229 g/mol. The van der Waals surface area contributed by atoms with Gasteiger partial charge < -0.3 is 5.32 Å². The fourth-order valence-corrected chi connectivity index (χ4v) is 2.38. The maximum absolute atomic E-state index is 12.6. The number of rotatable bonds is 5. The van der Waals surface area contributed by atoms with Gasteiger partial charge in [0.15, 0.2) is 0 Å². The van der Waals surface area contributed by atoms with Crippen LogP contribution in [0, 0.1) is 5.82 Å². The molecule has 0 fully saturated rings. The van der Waals surface area contributed by atoms with Crippen LogP contribution >= 0.6 is 0 Å². The van der Waals surface area contributed by atoms with Crippen LogP contribution in [0.15, 0.2) is 29.2 Å². The highest BCUT2D eigenvalue weighted by Gasteiger charge is 2.06. The lowest BCUT2D eigenvalue weighted by Crippen LogP contribution is -2.23. The van der Waals surface area contributed by atoms with Crippen molar-refractivity contribution < 1.29 is 8.60 Å². The van der Waals surface area contributed by atoms with Crippen LogP contribution in [0.5, 0.6) is 0 Å². The molecule has 15 heavy (non-hydrogen) atoms. The van der Waals surface area contributed by atoms with Crippen molar-refractivity contribution in [2.45, 2.75) is 24.3 Å². The molecule has 0 aromatic heterocycles. The van der Waals surface area contributed by atoms with Gasteiger partial charge in [-0.1, -0.05) is 0 Å². The second-order valence-electron chi connectivity index (χ2n) is 3.48. The fraction of sp³-hybridized carbons (Fsp3) is 0.455. The minimum absolute atomic E-state index is 0.292. The van der Waals surface area contributed by atoms with Crippen LogP contribution in [0.25, 0.3) is 0 Å². The largest absolute Gasteiger partial charge is 0.317 e. The summed E-state index contributed by atoms with van der Waals surface area (Å²) >= 11 is 0. The lowest BCUT2D eigenvalue weighted by molar-refractivity contribution is 0.591. The van der Waals surface area contributed by atoms with Crippen LogP contribution in [-0.4, -0.2) is 23.1 Å². The normalized spacial score (nSPS) is 14.9. The number of hydrogen-bond donors (Lipinski definition) is 1. The standard InChI is InChI=1S/C11H16FNOS/c1-9(13-2)7-8-15(14)11-5-3-10(12)4-6-11/h3-6,9,13H,7-8H2,1-2H3. The van der Waals surface area contributed by atoms with Gasteiger partial charge in [0.05, 0.1) is 10.8 Å². The Morgan fingerprint density at radius 1 is 1.40 bits per heavy atom. The lowest BCUT2D eigenvalue weighted by atomic mass is 10.3. The van der Waals surface area contributed by atoms with Crippen LogP contribution in [0.3, 0.4) is 0 Å². The fourth-order valence-electron chi connectivity index (χ4n) is 1.13. The Hall–Kier alpha value is -0.740. The maximum atomic E-state index is 12.6. The van der Waals surface area contributed by atoms with E-state index in [4.69, 9.17) is 0 Å². The van der Waals surface area contributed by atoms with Gasteiger partial charge in [-0.25, -0.2) is 4.39 Å². The SMILES string of the molecule is CNC(C)CCS(=O)c1ccc(F)cc1. The molecule has 1 rings (SSSR count). The number of halogens is 1. The van der Waals surface area contributed by atoms with Gasteiger partial charge in [-0.05, 0) is 44.7 Å². The second kappa shape index (κ2) is 5.98. The Balaban J connectivity index is 2.50. The van der Waals surface area contributed by atoms with Gasteiger partial charge in [-0.15, -0.1) is 0 Å². The molecule has 4 heteroatoms. The van der Waals surface area contributed by atoms with Crippen molar-refractivity contribution in [2.75, 3.05) is 12.8 Å². The first-order valence-electron chi connectivity index (χ1n) is 4.94. The van der Waals surface area contributed by atoms with Crippen molar-refractivity contribution >= 4 is 10.8 Å². The average Bonchev–Trinajstić information content (AvgIpc) is 2.26. The van der Waals surface area contributed by atoms with Gasteiger partial charge >= 0.3 is 0 Å². The Morgan fingerprint density at radius 3 is 2.53 bits per heavy atom. The van der Waals surface area contributed by atoms with Crippen LogP contribution in [0.4, 0.5) is 4.39 Å². The van der Waals surface area contributed by atoms with Crippen LogP contribution in [-0.2, 0) is 10.8 Å². The summed E-state index contributed by atoms with van der Waals surface area (Å²) in [6.07, 6.45) is 0.848. The zero-order valence-electron chi connectivity index (χ0n) is 9.00. The van der Waals surface area contributed by atoms with E-state index in [-0.39, 0.29) is 5.82 Å². The van der Waals surface area contributed by atoms with Gasteiger partial charge in [0, 0.05) is 16.7 Å². The van der Waals surface area contributed by atoms with Crippen molar-refractivity contribution in [2.24, 2.45) is 0 Å². The van der Waals surface area contributed by atoms with Gasteiger partial charge in [-0.2, -0.15) is 0 Å². The Labute approximate surface area is 92.3 Å². The van der Waals surface area contributed by atoms with E-state index in [0.29, 0.717) is 16.7 Å². The minimum Gasteiger partial charge on any atom is -0.317 e. The third kappa shape index (κ3) is 4.10. The summed E-state index contributed by atoms with van der Waals surface area (Å²) in [4.78, 5) is 0.694. The first-order valence-corrected chi connectivity index (χ1v) is 6.26. The molecule has 1 aromatic carbocycles. The Kier molecular flexibility index (Phi) is 4.91. The van der Waals surface area contributed by atoms with E-state index in [1.807, 2.05) is 14.0 Å². The van der Waals surface area contributed by atoms with E-state index in [1.165, 1.54) is 12.1 Å². The summed E-state index contributed by atoms with van der Waals surface area (Å²) in [5.74, 6) is 0.313. The molecule has 1 aromatic rings. The minimum atomic E-state index is -1.02. The smallest absolute Gasteiger partial charge is 0.123 e. The molecule has 0 aliphatic heterocycles. The molecular formula is C11H16FNOS. The van der Waals surface area contributed by atoms with E-state index in [1.54, 1.807) is 12.1 Å². The maximum Gasteiger partial charge on any atom is 0.123 e. The molecule has 0 spiro atoms. The Morgan fingerprint density at radius 2 is 2.00 bits per heavy atom. The molecule has 84 valence electrons. The highest BCUT2D eigenvalue weighted by atomic mass is 32.2. The van der Waals surface area contributed by atoms with Crippen molar-refractivity contribution in [3.63, 3.8) is 0 Å². The van der Waals surface area contributed by atoms with Crippen molar-refractivity contribution in [1.29, 1.82) is 0 Å². The van der Waals surface area contributed by atoms with Crippen molar-refractivity contribution in [3.8, 4) is 0 Å². The zero-order valence-corrected chi connectivity index (χ0v) is 9.81. The topological polar surface area (TPSA) is 29.1 Å². The van der Waals surface area contributed by atoms with Crippen molar-refractivity contribution in [1.82, 2.24) is 5.32 Å². The van der Waals surface area contributed by atoms with Gasteiger partial charge in [0.1, 0.15) is 5.82 Å². The quantitative estimate of drug-likeness (QED) is 0.836. The van der Waals surface area contributed by atoms with E-state index in [0.717, 1.165) is 6.42 Å². The first-order chi connectivity index (χ1) is 7.13. The molecule has 0 heterocycles. The summed E-state index contributed by atoms with van der Waals surface area (Å²) in [6.45, 7) is 2.04. The third-order valence-corrected chi connectivity index (χ3v) is 3.71. The molecule has 0 bridgehead atoms. The van der Waals surface area contributed by atoms with Crippen molar-refractivity contribution in [3.05, 3.63) is 30.1 Å². The predicted octanol–water partition coefficient (Wildman–Crippen LogP) is 1.93. The first kappa shape index (κ1) is 12.3. The molecule has 0 amide bonds.